The predicted octanol–water partition coefficient (Wildman–Crippen LogP) is 1.31. The van der Waals surface area contributed by atoms with Crippen molar-refractivity contribution in [1.82, 2.24) is 0 Å². The number of rotatable bonds is 7. The summed E-state index contributed by atoms with van der Waals surface area (Å²) in [6.45, 7) is 7.54. The second-order valence-electron chi connectivity index (χ2n) is 2.44. The van der Waals surface area contributed by atoms with Crippen LogP contribution in [0, 0.1) is 11.3 Å². The third kappa shape index (κ3) is 22.5. The monoisotopic (exact) mass is 202 g/mol. The van der Waals surface area contributed by atoms with Crippen LogP contribution in [0.1, 0.15) is 26.7 Å². The standard InChI is InChI=1S/C5H13NO.C5H9NO/c2*1-2-7-5-3-4-6/h2-6H2,1H3;2-3,5H2,1H3. The second-order valence-corrected chi connectivity index (χ2v) is 2.44. The maximum atomic E-state index is 7.96. The van der Waals surface area contributed by atoms with Crippen LogP contribution in [-0.2, 0) is 9.47 Å². The quantitative estimate of drug-likeness (QED) is 0.632. The molecule has 14 heavy (non-hydrogen) atoms. The van der Waals surface area contributed by atoms with Crippen molar-refractivity contribution in [2.24, 2.45) is 5.73 Å². The molecule has 0 spiro atoms. The van der Waals surface area contributed by atoms with E-state index in [1.807, 2.05) is 19.9 Å². The van der Waals surface area contributed by atoms with Gasteiger partial charge in [0.15, 0.2) is 0 Å². The first kappa shape index (κ1) is 15.8. The first-order valence-electron chi connectivity index (χ1n) is 5.05. The molecule has 0 saturated carbocycles. The first-order chi connectivity index (χ1) is 6.83. The summed E-state index contributed by atoms with van der Waals surface area (Å²) in [7, 11) is 0. The van der Waals surface area contributed by atoms with Crippen molar-refractivity contribution >= 4 is 0 Å². The van der Waals surface area contributed by atoms with E-state index in [1.165, 1.54) is 0 Å². The van der Waals surface area contributed by atoms with Gasteiger partial charge in [-0.15, -0.1) is 0 Å². The van der Waals surface area contributed by atoms with Crippen LogP contribution in [-0.4, -0.2) is 33.0 Å². The van der Waals surface area contributed by atoms with Gasteiger partial charge in [-0.25, -0.2) is 0 Å². The minimum absolute atomic E-state index is 0.508. The van der Waals surface area contributed by atoms with Crippen LogP contribution in [0.4, 0.5) is 0 Å². The van der Waals surface area contributed by atoms with E-state index >= 15 is 0 Å². The van der Waals surface area contributed by atoms with E-state index in [-0.39, 0.29) is 0 Å². The molecular formula is C10H22N2O2. The fourth-order valence-corrected chi connectivity index (χ4v) is 0.592. The molecule has 2 N–H and O–H groups in total. The molecule has 0 heterocycles. The van der Waals surface area contributed by atoms with E-state index in [0.29, 0.717) is 19.6 Å². The number of nitrogens with zero attached hydrogens (tertiary/aromatic N) is 1. The van der Waals surface area contributed by atoms with Crippen molar-refractivity contribution in [3.05, 3.63) is 0 Å². The Bertz CT molecular complexity index is 120. The molecular weight excluding hydrogens is 180 g/mol. The number of ether oxygens (including phenoxy) is 2. The fourth-order valence-electron chi connectivity index (χ4n) is 0.592. The zero-order chi connectivity index (χ0) is 11.1. The minimum atomic E-state index is 0.508. The van der Waals surface area contributed by atoms with Gasteiger partial charge in [0.05, 0.1) is 19.1 Å². The minimum Gasteiger partial charge on any atom is -0.382 e. The predicted molar refractivity (Wildman–Crippen MR) is 56.9 cm³/mol. The molecule has 0 aliphatic heterocycles. The number of nitrogens with two attached hydrogens (primary N) is 1. The summed E-state index contributed by atoms with van der Waals surface area (Å²) in [6.07, 6.45) is 1.49. The number of hydrogen-bond donors (Lipinski definition) is 1. The van der Waals surface area contributed by atoms with E-state index < -0.39 is 0 Å². The lowest BCUT2D eigenvalue weighted by atomic mass is 10.5. The molecule has 0 unspecified atom stereocenters. The molecule has 0 saturated heterocycles. The smallest absolute Gasteiger partial charge is 0.0645 e. The molecule has 0 rings (SSSR count). The van der Waals surface area contributed by atoms with Gasteiger partial charge in [-0.3, -0.25) is 0 Å². The highest BCUT2D eigenvalue weighted by Crippen LogP contribution is 1.76. The molecule has 0 bridgehead atoms. The Morgan fingerprint density at radius 2 is 1.71 bits per heavy atom. The average Bonchev–Trinajstić information content (AvgIpc) is 2.21. The molecule has 0 atom stereocenters. The Labute approximate surface area is 87.0 Å². The summed E-state index contributed by atoms with van der Waals surface area (Å²) in [5.41, 5.74) is 5.19. The summed E-state index contributed by atoms with van der Waals surface area (Å²) in [4.78, 5) is 0. The highest BCUT2D eigenvalue weighted by Gasteiger charge is 1.78. The van der Waals surface area contributed by atoms with Gasteiger partial charge in [0.1, 0.15) is 0 Å². The van der Waals surface area contributed by atoms with Gasteiger partial charge < -0.3 is 15.2 Å². The van der Waals surface area contributed by atoms with Crippen LogP contribution in [0.15, 0.2) is 0 Å². The largest absolute Gasteiger partial charge is 0.382 e. The van der Waals surface area contributed by atoms with Gasteiger partial charge in [0, 0.05) is 19.8 Å². The summed E-state index contributed by atoms with van der Waals surface area (Å²) < 4.78 is 9.85. The van der Waals surface area contributed by atoms with Crippen molar-refractivity contribution < 1.29 is 9.47 Å². The number of hydrogen-bond acceptors (Lipinski definition) is 4. The van der Waals surface area contributed by atoms with Gasteiger partial charge in [-0.1, -0.05) is 0 Å². The summed E-state index contributed by atoms with van der Waals surface area (Å²) in [5.74, 6) is 0. The third-order valence-electron chi connectivity index (χ3n) is 1.26. The molecule has 0 aliphatic rings. The van der Waals surface area contributed by atoms with Crippen molar-refractivity contribution in [1.29, 1.82) is 5.26 Å². The Kier molecular flexibility index (Phi) is 20.6. The van der Waals surface area contributed by atoms with Crippen LogP contribution >= 0.6 is 0 Å². The molecule has 4 heteroatoms. The van der Waals surface area contributed by atoms with Crippen molar-refractivity contribution in [3.63, 3.8) is 0 Å². The maximum Gasteiger partial charge on any atom is 0.0645 e. The molecule has 4 nitrogen and oxygen atoms in total. The lowest BCUT2D eigenvalue weighted by Gasteiger charge is -1.94. The van der Waals surface area contributed by atoms with Gasteiger partial charge >= 0.3 is 0 Å². The van der Waals surface area contributed by atoms with Crippen LogP contribution < -0.4 is 5.73 Å². The first-order valence-corrected chi connectivity index (χ1v) is 5.05. The summed E-state index contributed by atoms with van der Waals surface area (Å²) in [5, 5.41) is 7.96. The Morgan fingerprint density at radius 1 is 1.14 bits per heavy atom. The highest BCUT2D eigenvalue weighted by atomic mass is 16.5. The lowest BCUT2D eigenvalue weighted by molar-refractivity contribution is 0.146. The third-order valence-corrected chi connectivity index (χ3v) is 1.26. The summed E-state index contributed by atoms with van der Waals surface area (Å²) in [6, 6.07) is 1.98. The van der Waals surface area contributed by atoms with E-state index in [4.69, 9.17) is 20.5 Å². The lowest BCUT2D eigenvalue weighted by Crippen LogP contribution is -2.03. The molecule has 0 aliphatic carbocycles. The zero-order valence-corrected chi connectivity index (χ0v) is 9.29. The molecule has 84 valence electrons. The van der Waals surface area contributed by atoms with E-state index in [2.05, 4.69) is 0 Å². The fraction of sp³-hybridized carbons (Fsp3) is 0.900. The van der Waals surface area contributed by atoms with E-state index in [9.17, 15) is 0 Å². The van der Waals surface area contributed by atoms with Gasteiger partial charge in [0.2, 0.25) is 0 Å². The molecule has 0 aromatic carbocycles. The van der Waals surface area contributed by atoms with Crippen LogP contribution in [0.25, 0.3) is 0 Å². The van der Waals surface area contributed by atoms with Crippen molar-refractivity contribution in [2.45, 2.75) is 26.7 Å². The van der Waals surface area contributed by atoms with E-state index in [1.54, 1.807) is 0 Å². The topological polar surface area (TPSA) is 68.3 Å². The van der Waals surface area contributed by atoms with Crippen LogP contribution in [0.5, 0.6) is 0 Å². The average molecular weight is 202 g/mol. The molecule has 0 fully saturated rings. The number of nitriles is 1. The molecule has 0 amide bonds. The summed E-state index contributed by atoms with van der Waals surface area (Å²) >= 11 is 0. The maximum absolute atomic E-state index is 7.96. The van der Waals surface area contributed by atoms with E-state index in [0.717, 1.165) is 26.2 Å². The Balaban J connectivity index is 0. The SMILES string of the molecule is CCOCCC#N.CCOCCCN. The highest BCUT2D eigenvalue weighted by molar-refractivity contribution is 4.66. The van der Waals surface area contributed by atoms with Gasteiger partial charge in [-0.05, 0) is 26.8 Å². The Hall–Kier alpha value is -0.630. The molecule has 0 aromatic heterocycles. The normalized spacial score (nSPS) is 8.71. The molecule has 0 radical (unpaired) electrons. The van der Waals surface area contributed by atoms with Gasteiger partial charge in [0.25, 0.3) is 0 Å². The van der Waals surface area contributed by atoms with Crippen LogP contribution in [0.3, 0.4) is 0 Å². The Morgan fingerprint density at radius 3 is 2.14 bits per heavy atom. The van der Waals surface area contributed by atoms with Crippen molar-refractivity contribution in [3.8, 4) is 6.07 Å². The zero-order valence-electron chi connectivity index (χ0n) is 9.29. The van der Waals surface area contributed by atoms with Gasteiger partial charge in [-0.2, -0.15) is 5.26 Å². The second kappa shape index (κ2) is 18.2. The van der Waals surface area contributed by atoms with Crippen molar-refractivity contribution in [2.75, 3.05) is 33.0 Å². The molecule has 0 aromatic rings. The van der Waals surface area contributed by atoms with Crippen LogP contribution in [0.2, 0.25) is 0 Å².